The molecule has 94 valence electrons. The van der Waals surface area contributed by atoms with Gasteiger partial charge in [0.05, 0.1) is 6.10 Å². The molecule has 1 rings (SSSR count). The molecule has 16 heavy (non-hydrogen) atoms. The van der Waals surface area contributed by atoms with Gasteiger partial charge in [-0.1, -0.05) is 0 Å². The van der Waals surface area contributed by atoms with E-state index in [1.165, 1.54) is 0 Å². The summed E-state index contributed by atoms with van der Waals surface area (Å²) in [4.78, 5) is 11.5. The van der Waals surface area contributed by atoms with E-state index >= 15 is 0 Å². The monoisotopic (exact) mass is 229 g/mol. The molecule has 1 saturated carbocycles. The summed E-state index contributed by atoms with van der Waals surface area (Å²) in [6, 6.07) is 0.200. The lowest BCUT2D eigenvalue weighted by Gasteiger charge is -2.21. The standard InChI is InChI=1S/C12H23NO3/c1-5-15-10-7-6-9(8-10)13-11(14)16-12(2,3)4/h9-10H,5-8H2,1-4H3,(H,13,14)/t9-,10-/m1/s1. The highest BCUT2D eigenvalue weighted by molar-refractivity contribution is 5.68. The fourth-order valence-corrected chi connectivity index (χ4v) is 1.93. The van der Waals surface area contributed by atoms with Crippen molar-refractivity contribution in [2.45, 2.75) is 64.7 Å². The molecule has 1 N–H and O–H groups in total. The van der Waals surface area contributed by atoms with Gasteiger partial charge in [-0.2, -0.15) is 0 Å². The van der Waals surface area contributed by atoms with Crippen molar-refractivity contribution in [3.8, 4) is 0 Å². The van der Waals surface area contributed by atoms with Gasteiger partial charge in [0.1, 0.15) is 5.60 Å². The highest BCUT2D eigenvalue weighted by atomic mass is 16.6. The first-order chi connectivity index (χ1) is 7.40. The van der Waals surface area contributed by atoms with E-state index in [-0.39, 0.29) is 12.1 Å². The van der Waals surface area contributed by atoms with Gasteiger partial charge in [0, 0.05) is 12.6 Å². The smallest absolute Gasteiger partial charge is 0.407 e. The third-order valence-corrected chi connectivity index (χ3v) is 2.51. The average Bonchev–Trinajstić information content (AvgIpc) is 2.49. The number of amides is 1. The summed E-state index contributed by atoms with van der Waals surface area (Å²) in [5.74, 6) is 0. The van der Waals surface area contributed by atoms with Gasteiger partial charge in [0.25, 0.3) is 0 Å². The summed E-state index contributed by atoms with van der Waals surface area (Å²) < 4.78 is 10.7. The molecule has 0 aromatic carbocycles. The van der Waals surface area contributed by atoms with E-state index in [0.717, 1.165) is 25.9 Å². The Morgan fingerprint density at radius 3 is 2.62 bits per heavy atom. The van der Waals surface area contributed by atoms with E-state index in [1.54, 1.807) is 0 Å². The van der Waals surface area contributed by atoms with Crippen molar-refractivity contribution in [3.63, 3.8) is 0 Å². The Morgan fingerprint density at radius 1 is 1.38 bits per heavy atom. The number of nitrogens with one attached hydrogen (secondary N) is 1. The van der Waals surface area contributed by atoms with Crippen LogP contribution in [0.4, 0.5) is 4.79 Å². The van der Waals surface area contributed by atoms with E-state index in [4.69, 9.17) is 9.47 Å². The average molecular weight is 229 g/mol. The maximum Gasteiger partial charge on any atom is 0.407 e. The molecule has 1 aliphatic carbocycles. The summed E-state index contributed by atoms with van der Waals surface area (Å²) in [6.45, 7) is 8.33. The van der Waals surface area contributed by atoms with Gasteiger partial charge >= 0.3 is 6.09 Å². The molecule has 0 aliphatic heterocycles. The van der Waals surface area contributed by atoms with E-state index in [9.17, 15) is 4.79 Å². The van der Waals surface area contributed by atoms with Crippen molar-refractivity contribution in [2.75, 3.05) is 6.61 Å². The molecule has 0 saturated heterocycles. The molecule has 0 radical (unpaired) electrons. The van der Waals surface area contributed by atoms with Crippen molar-refractivity contribution in [1.29, 1.82) is 0 Å². The summed E-state index contributed by atoms with van der Waals surface area (Å²) in [5.41, 5.74) is -0.429. The normalized spacial score (nSPS) is 25.5. The van der Waals surface area contributed by atoms with Crippen molar-refractivity contribution in [2.24, 2.45) is 0 Å². The van der Waals surface area contributed by atoms with Crippen LogP contribution in [0.15, 0.2) is 0 Å². The summed E-state index contributed by atoms with van der Waals surface area (Å²) >= 11 is 0. The number of carbonyl (C=O) groups excluding carboxylic acids is 1. The van der Waals surface area contributed by atoms with Crippen LogP contribution in [0.3, 0.4) is 0 Å². The Morgan fingerprint density at radius 2 is 2.06 bits per heavy atom. The number of alkyl carbamates (subject to hydrolysis) is 1. The molecule has 1 fully saturated rings. The van der Waals surface area contributed by atoms with Crippen LogP contribution >= 0.6 is 0 Å². The number of hydrogen-bond donors (Lipinski definition) is 1. The third-order valence-electron chi connectivity index (χ3n) is 2.51. The molecular formula is C12H23NO3. The Bertz CT molecular complexity index is 235. The largest absolute Gasteiger partial charge is 0.444 e. The number of ether oxygens (including phenoxy) is 2. The summed E-state index contributed by atoms with van der Waals surface area (Å²) in [6.07, 6.45) is 2.87. The fraction of sp³-hybridized carbons (Fsp3) is 0.917. The molecule has 0 heterocycles. The van der Waals surface area contributed by atoms with Crippen molar-refractivity contribution in [3.05, 3.63) is 0 Å². The molecule has 0 unspecified atom stereocenters. The highest BCUT2D eigenvalue weighted by Gasteiger charge is 2.27. The molecule has 2 atom stereocenters. The first-order valence-corrected chi connectivity index (χ1v) is 6.02. The maximum absolute atomic E-state index is 11.5. The van der Waals surface area contributed by atoms with E-state index < -0.39 is 5.60 Å². The second kappa shape index (κ2) is 5.53. The first-order valence-electron chi connectivity index (χ1n) is 6.02. The van der Waals surface area contributed by atoms with Crippen LogP contribution in [0.25, 0.3) is 0 Å². The topological polar surface area (TPSA) is 47.6 Å². The van der Waals surface area contributed by atoms with Gasteiger partial charge in [-0.15, -0.1) is 0 Å². The molecule has 1 amide bonds. The third kappa shape index (κ3) is 4.84. The van der Waals surface area contributed by atoms with Crippen LogP contribution in [-0.2, 0) is 9.47 Å². The fourth-order valence-electron chi connectivity index (χ4n) is 1.93. The minimum atomic E-state index is -0.429. The minimum Gasteiger partial charge on any atom is -0.444 e. The van der Waals surface area contributed by atoms with Gasteiger partial charge < -0.3 is 14.8 Å². The van der Waals surface area contributed by atoms with Gasteiger partial charge in [0.15, 0.2) is 0 Å². The quantitative estimate of drug-likeness (QED) is 0.808. The van der Waals surface area contributed by atoms with Crippen LogP contribution < -0.4 is 5.32 Å². The zero-order valence-electron chi connectivity index (χ0n) is 10.7. The van der Waals surface area contributed by atoms with Crippen LogP contribution in [0.2, 0.25) is 0 Å². The molecule has 0 bridgehead atoms. The predicted molar refractivity (Wildman–Crippen MR) is 62.4 cm³/mol. The zero-order valence-corrected chi connectivity index (χ0v) is 10.7. The maximum atomic E-state index is 11.5. The molecule has 0 spiro atoms. The van der Waals surface area contributed by atoms with Crippen molar-refractivity contribution >= 4 is 6.09 Å². The number of carbonyl (C=O) groups is 1. The van der Waals surface area contributed by atoms with Crippen molar-refractivity contribution < 1.29 is 14.3 Å². The van der Waals surface area contributed by atoms with Crippen LogP contribution in [0.5, 0.6) is 0 Å². The Labute approximate surface area is 97.7 Å². The summed E-state index contributed by atoms with van der Waals surface area (Å²) in [7, 11) is 0. The zero-order chi connectivity index (χ0) is 12.2. The second-order valence-corrected chi connectivity index (χ2v) is 5.23. The Hall–Kier alpha value is -0.770. The van der Waals surface area contributed by atoms with Crippen molar-refractivity contribution in [1.82, 2.24) is 5.32 Å². The highest BCUT2D eigenvalue weighted by Crippen LogP contribution is 2.22. The van der Waals surface area contributed by atoms with Crippen LogP contribution in [0, 0.1) is 0 Å². The van der Waals surface area contributed by atoms with E-state index in [0.29, 0.717) is 6.10 Å². The van der Waals surface area contributed by atoms with Gasteiger partial charge in [-0.05, 0) is 47.0 Å². The molecule has 1 aliphatic rings. The first kappa shape index (κ1) is 13.3. The minimum absolute atomic E-state index is 0.200. The van der Waals surface area contributed by atoms with Gasteiger partial charge in [-0.3, -0.25) is 0 Å². The molecule has 0 aromatic rings. The number of rotatable bonds is 3. The second-order valence-electron chi connectivity index (χ2n) is 5.23. The van der Waals surface area contributed by atoms with Crippen LogP contribution in [0.1, 0.15) is 47.0 Å². The van der Waals surface area contributed by atoms with E-state index in [1.807, 2.05) is 27.7 Å². The lowest BCUT2D eigenvalue weighted by molar-refractivity contribution is 0.0481. The molecule has 4 heteroatoms. The van der Waals surface area contributed by atoms with Crippen LogP contribution in [-0.4, -0.2) is 30.4 Å². The Balaban J connectivity index is 2.26. The molecule has 4 nitrogen and oxygen atoms in total. The summed E-state index contributed by atoms with van der Waals surface area (Å²) in [5, 5.41) is 2.88. The van der Waals surface area contributed by atoms with E-state index in [2.05, 4.69) is 5.32 Å². The lowest BCUT2D eigenvalue weighted by atomic mass is 10.2. The number of hydrogen-bond acceptors (Lipinski definition) is 3. The molecule has 0 aromatic heterocycles. The SMILES string of the molecule is CCO[C@@H]1CC[C@@H](NC(=O)OC(C)(C)C)C1. The lowest BCUT2D eigenvalue weighted by Crippen LogP contribution is -2.38. The van der Waals surface area contributed by atoms with Gasteiger partial charge in [0.2, 0.25) is 0 Å². The molecular weight excluding hydrogens is 206 g/mol. The van der Waals surface area contributed by atoms with Gasteiger partial charge in [-0.25, -0.2) is 4.79 Å². The predicted octanol–water partition coefficient (Wildman–Crippen LogP) is 2.47. The Kier molecular flexibility index (Phi) is 4.59.